The summed E-state index contributed by atoms with van der Waals surface area (Å²) in [5.41, 5.74) is 1.10. The van der Waals surface area contributed by atoms with E-state index in [-0.39, 0.29) is 22.6 Å². The van der Waals surface area contributed by atoms with E-state index in [0.29, 0.717) is 11.4 Å². The highest BCUT2D eigenvalue weighted by molar-refractivity contribution is 6.24. The molecule has 0 aliphatic carbocycles. The van der Waals surface area contributed by atoms with E-state index in [1.807, 2.05) is 6.07 Å². The van der Waals surface area contributed by atoms with Gasteiger partial charge in [-0.2, -0.15) is 0 Å². The van der Waals surface area contributed by atoms with Crippen molar-refractivity contribution in [1.82, 2.24) is 0 Å². The van der Waals surface area contributed by atoms with Gasteiger partial charge in [-0.1, -0.05) is 42.5 Å². The van der Waals surface area contributed by atoms with Crippen LogP contribution in [-0.2, 0) is 14.4 Å². The fourth-order valence-electron chi connectivity index (χ4n) is 4.77. The number of ether oxygens (including phenoxy) is 2. The van der Waals surface area contributed by atoms with Crippen molar-refractivity contribution in [3.05, 3.63) is 83.9 Å². The molecule has 3 atom stereocenters. The summed E-state index contributed by atoms with van der Waals surface area (Å²) in [5, 5.41) is 11.6. The Hall–Kier alpha value is -4.37. The lowest BCUT2D eigenvalue weighted by Gasteiger charge is -2.30. The van der Waals surface area contributed by atoms with Gasteiger partial charge in [0.05, 0.1) is 31.6 Å². The Balaban J connectivity index is 1.70. The van der Waals surface area contributed by atoms with E-state index in [4.69, 9.17) is 14.3 Å². The van der Waals surface area contributed by atoms with Crippen molar-refractivity contribution in [2.75, 3.05) is 24.2 Å². The number of methoxy groups -OCH3 is 2. The molecule has 5 rings (SSSR count). The monoisotopic (exact) mass is 474 g/mol. The maximum atomic E-state index is 13.7. The van der Waals surface area contributed by atoms with Gasteiger partial charge in [0.1, 0.15) is 11.5 Å². The van der Waals surface area contributed by atoms with Crippen LogP contribution in [0.1, 0.15) is 22.0 Å². The van der Waals surface area contributed by atoms with Crippen molar-refractivity contribution in [1.29, 1.82) is 0 Å². The van der Waals surface area contributed by atoms with Gasteiger partial charge < -0.3 is 14.6 Å². The first kappa shape index (κ1) is 22.4. The van der Waals surface area contributed by atoms with E-state index in [2.05, 4.69) is 0 Å². The molecule has 0 aromatic heterocycles. The third-order valence-corrected chi connectivity index (χ3v) is 6.25. The molecule has 3 aromatic carbocycles. The smallest absolute Gasteiger partial charge is 0.339 e. The molecule has 9 heteroatoms. The van der Waals surface area contributed by atoms with E-state index < -0.39 is 35.8 Å². The third kappa shape index (κ3) is 3.48. The minimum atomic E-state index is -1.26. The summed E-state index contributed by atoms with van der Waals surface area (Å²) < 4.78 is 10.7. The van der Waals surface area contributed by atoms with Gasteiger partial charge in [0.15, 0.2) is 17.6 Å². The van der Waals surface area contributed by atoms with Crippen LogP contribution in [-0.4, -0.2) is 43.2 Å². The molecule has 3 unspecified atom stereocenters. The maximum Gasteiger partial charge on any atom is 0.339 e. The van der Waals surface area contributed by atoms with Crippen LogP contribution >= 0.6 is 0 Å². The van der Waals surface area contributed by atoms with Gasteiger partial charge >= 0.3 is 5.97 Å². The molecule has 2 amide bonds. The minimum Gasteiger partial charge on any atom is -0.493 e. The van der Waals surface area contributed by atoms with Crippen LogP contribution in [0.3, 0.4) is 0 Å². The first-order valence-corrected chi connectivity index (χ1v) is 10.9. The van der Waals surface area contributed by atoms with Crippen molar-refractivity contribution in [3.63, 3.8) is 0 Å². The number of carboxylic acids is 1. The molecular formula is C26H22N2O7. The second-order valence-corrected chi connectivity index (χ2v) is 8.08. The molecular weight excluding hydrogens is 452 g/mol. The largest absolute Gasteiger partial charge is 0.493 e. The number of hydrogen-bond acceptors (Lipinski definition) is 7. The normalized spacial score (nSPS) is 21.3. The molecule has 2 heterocycles. The number of rotatable bonds is 6. The molecule has 2 saturated heterocycles. The zero-order valence-corrected chi connectivity index (χ0v) is 19.0. The van der Waals surface area contributed by atoms with E-state index in [1.54, 1.807) is 66.7 Å². The number of fused-ring (bicyclic) bond motifs is 1. The standard InChI is InChI=1S/C26H22N2O7/c1-33-18-14-13-17(19(26(31)32)22(18)34-2)21-20-23(35-28(21)16-11-7-4-8-12-16)25(30)27(24(20)29)15-9-5-3-6-10-15/h3-14,20-21,23H,1-2H3,(H,31,32). The number of benzene rings is 3. The van der Waals surface area contributed by atoms with Crippen LogP contribution in [0, 0.1) is 5.92 Å². The highest BCUT2D eigenvalue weighted by Crippen LogP contribution is 2.50. The number of amides is 2. The summed E-state index contributed by atoms with van der Waals surface area (Å²) >= 11 is 0. The van der Waals surface area contributed by atoms with Crippen molar-refractivity contribution in [2.45, 2.75) is 12.1 Å². The number of aromatic carboxylic acids is 1. The van der Waals surface area contributed by atoms with Gasteiger partial charge in [0.25, 0.3) is 5.91 Å². The summed E-state index contributed by atoms with van der Waals surface area (Å²) in [6, 6.07) is 19.7. The Morgan fingerprint density at radius 1 is 0.857 bits per heavy atom. The molecule has 1 N–H and O–H groups in total. The molecule has 178 valence electrons. The topological polar surface area (TPSA) is 106 Å². The maximum absolute atomic E-state index is 13.7. The zero-order valence-electron chi connectivity index (χ0n) is 19.0. The van der Waals surface area contributed by atoms with Gasteiger partial charge in [-0.3, -0.25) is 14.4 Å². The van der Waals surface area contributed by atoms with Crippen LogP contribution in [0.15, 0.2) is 72.8 Å². The number of carboxylic acid groups (broad SMARTS) is 1. The molecule has 0 spiro atoms. The fourth-order valence-corrected chi connectivity index (χ4v) is 4.77. The second-order valence-electron chi connectivity index (χ2n) is 8.08. The number of hydroxylamine groups is 1. The Labute approximate surface area is 201 Å². The van der Waals surface area contributed by atoms with Crippen molar-refractivity contribution < 1.29 is 33.8 Å². The number of imide groups is 1. The third-order valence-electron chi connectivity index (χ3n) is 6.25. The highest BCUT2D eigenvalue weighted by Gasteiger charge is 2.61. The molecule has 3 aromatic rings. The Morgan fingerprint density at radius 2 is 1.49 bits per heavy atom. The molecule has 2 aliphatic heterocycles. The van der Waals surface area contributed by atoms with Crippen LogP contribution in [0.4, 0.5) is 11.4 Å². The van der Waals surface area contributed by atoms with Gasteiger partial charge in [-0.15, -0.1) is 0 Å². The quantitative estimate of drug-likeness (QED) is 0.542. The number of carbonyl (C=O) groups excluding carboxylic acids is 2. The molecule has 0 bridgehead atoms. The van der Waals surface area contributed by atoms with Crippen molar-refractivity contribution in [2.24, 2.45) is 5.92 Å². The fraction of sp³-hybridized carbons (Fsp3) is 0.192. The summed E-state index contributed by atoms with van der Waals surface area (Å²) in [4.78, 5) is 46.7. The molecule has 35 heavy (non-hydrogen) atoms. The highest BCUT2D eigenvalue weighted by atomic mass is 16.7. The summed E-state index contributed by atoms with van der Waals surface area (Å²) in [7, 11) is 2.75. The number of para-hydroxylation sites is 2. The lowest BCUT2D eigenvalue weighted by molar-refractivity contribution is -0.126. The van der Waals surface area contributed by atoms with Gasteiger partial charge in [0, 0.05) is 0 Å². The lowest BCUT2D eigenvalue weighted by atomic mass is 9.87. The SMILES string of the molecule is COc1ccc(C2C3C(=O)N(c4ccccc4)C(=O)C3ON2c2ccccc2)c(C(=O)O)c1OC. The predicted octanol–water partition coefficient (Wildman–Crippen LogP) is 3.45. The lowest BCUT2D eigenvalue weighted by Crippen LogP contribution is -2.37. The Morgan fingerprint density at radius 3 is 2.06 bits per heavy atom. The summed E-state index contributed by atoms with van der Waals surface area (Å²) in [6.07, 6.45) is -1.12. The first-order chi connectivity index (χ1) is 17.0. The molecule has 2 aliphatic rings. The van der Waals surface area contributed by atoms with E-state index >= 15 is 0 Å². The number of anilines is 2. The minimum absolute atomic E-state index is 0.0191. The Kier molecular flexibility index (Phi) is 5.62. The van der Waals surface area contributed by atoms with E-state index in [1.165, 1.54) is 19.3 Å². The second kappa shape index (κ2) is 8.77. The summed E-state index contributed by atoms with van der Waals surface area (Å²) in [6.45, 7) is 0. The summed E-state index contributed by atoms with van der Waals surface area (Å²) in [5.74, 6) is -2.98. The zero-order chi connectivity index (χ0) is 24.7. The average molecular weight is 474 g/mol. The Bertz CT molecular complexity index is 1300. The number of hydrogen-bond donors (Lipinski definition) is 1. The van der Waals surface area contributed by atoms with Crippen molar-refractivity contribution in [3.8, 4) is 11.5 Å². The van der Waals surface area contributed by atoms with Gasteiger partial charge in [-0.05, 0) is 35.9 Å². The van der Waals surface area contributed by atoms with Crippen LogP contribution in [0.25, 0.3) is 0 Å². The van der Waals surface area contributed by atoms with Gasteiger partial charge in [0.2, 0.25) is 5.91 Å². The predicted molar refractivity (Wildman–Crippen MR) is 125 cm³/mol. The van der Waals surface area contributed by atoms with Crippen LogP contribution < -0.4 is 19.4 Å². The molecule has 2 fully saturated rings. The van der Waals surface area contributed by atoms with Gasteiger partial charge in [-0.25, -0.2) is 14.8 Å². The van der Waals surface area contributed by atoms with Crippen LogP contribution in [0.5, 0.6) is 11.5 Å². The van der Waals surface area contributed by atoms with E-state index in [0.717, 1.165) is 4.90 Å². The van der Waals surface area contributed by atoms with Crippen molar-refractivity contribution >= 4 is 29.2 Å². The van der Waals surface area contributed by atoms with E-state index in [9.17, 15) is 19.5 Å². The van der Waals surface area contributed by atoms with Crippen LogP contribution in [0.2, 0.25) is 0 Å². The molecule has 0 saturated carbocycles. The number of carbonyl (C=O) groups is 3. The molecule has 0 radical (unpaired) electrons. The average Bonchev–Trinajstić information content (AvgIpc) is 3.39. The first-order valence-electron chi connectivity index (χ1n) is 10.9. The molecule has 9 nitrogen and oxygen atoms in total. The number of nitrogens with zero attached hydrogens (tertiary/aromatic N) is 2.